The molecule has 3 heterocycles. The van der Waals surface area contributed by atoms with E-state index in [0.29, 0.717) is 28.1 Å². The summed E-state index contributed by atoms with van der Waals surface area (Å²) in [7, 11) is 2.13. The molecule has 1 aromatic heterocycles. The van der Waals surface area contributed by atoms with E-state index >= 15 is 0 Å². The molecule has 0 bridgehead atoms. The van der Waals surface area contributed by atoms with Gasteiger partial charge in [-0.2, -0.15) is 0 Å². The minimum absolute atomic E-state index is 0.0248. The summed E-state index contributed by atoms with van der Waals surface area (Å²) in [4.78, 5) is 24.9. The van der Waals surface area contributed by atoms with Crippen LogP contribution in [-0.4, -0.2) is 53.0 Å². The molecule has 8 nitrogen and oxygen atoms in total. The van der Waals surface area contributed by atoms with Crippen LogP contribution < -0.4 is 10.2 Å². The standard InChI is InChI=1S/C23H24ClFN6O2/c1-29-8-6-23(12-29)5-2-7-30(13-23)20-11-19-16(10-21(20)31(32)33)22(27-14-26-19)28-15-3-4-18(25)17(24)9-15/h3-4,9-11,14H,2,5-8,12-13H2,1H3,(H,26,27,28). The zero-order valence-corrected chi connectivity index (χ0v) is 19.0. The molecule has 10 heteroatoms. The molecule has 172 valence electrons. The summed E-state index contributed by atoms with van der Waals surface area (Å²) in [5.74, 6) is -0.132. The zero-order chi connectivity index (χ0) is 23.2. The van der Waals surface area contributed by atoms with Gasteiger partial charge < -0.3 is 15.1 Å². The van der Waals surface area contributed by atoms with Crippen molar-refractivity contribution in [2.75, 3.05) is 43.4 Å². The maximum absolute atomic E-state index is 13.5. The molecule has 1 N–H and O–H groups in total. The molecule has 2 aliphatic heterocycles. The summed E-state index contributed by atoms with van der Waals surface area (Å²) in [6, 6.07) is 7.54. The highest BCUT2D eigenvalue weighted by Gasteiger charge is 2.41. The zero-order valence-electron chi connectivity index (χ0n) is 18.2. The van der Waals surface area contributed by atoms with Crippen molar-refractivity contribution in [2.24, 2.45) is 5.41 Å². The molecule has 1 atom stereocenters. The molecule has 0 radical (unpaired) electrons. The van der Waals surface area contributed by atoms with Gasteiger partial charge in [-0.15, -0.1) is 0 Å². The molecule has 2 aliphatic rings. The maximum atomic E-state index is 13.5. The van der Waals surface area contributed by atoms with Crippen LogP contribution in [0.2, 0.25) is 5.02 Å². The Balaban J connectivity index is 1.53. The third-order valence-corrected chi connectivity index (χ3v) is 7.03. The first-order valence-corrected chi connectivity index (χ1v) is 11.3. The fourth-order valence-electron chi connectivity index (χ4n) is 5.20. The summed E-state index contributed by atoms with van der Waals surface area (Å²) in [5, 5.41) is 15.6. The van der Waals surface area contributed by atoms with Gasteiger partial charge in [0.25, 0.3) is 5.69 Å². The van der Waals surface area contributed by atoms with Gasteiger partial charge in [0.05, 0.1) is 15.5 Å². The summed E-state index contributed by atoms with van der Waals surface area (Å²) < 4.78 is 13.5. The predicted molar refractivity (Wildman–Crippen MR) is 127 cm³/mol. The third-order valence-electron chi connectivity index (χ3n) is 6.74. The van der Waals surface area contributed by atoms with Crippen molar-refractivity contribution >= 4 is 45.4 Å². The first-order valence-electron chi connectivity index (χ1n) is 10.9. The summed E-state index contributed by atoms with van der Waals surface area (Å²) in [5.41, 5.74) is 1.92. The van der Waals surface area contributed by atoms with Gasteiger partial charge in [0.1, 0.15) is 23.6 Å². The van der Waals surface area contributed by atoms with Gasteiger partial charge in [-0.1, -0.05) is 11.6 Å². The minimum atomic E-state index is -0.525. The molecular weight excluding hydrogens is 447 g/mol. The third kappa shape index (κ3) is 4.18. The van der Waals surface area contributed by atoms with Crippen LogP contribution in [-0.2, 0) is 0 Å². The number of benzene rings is 2. The topological polar surface area (TPSA) is 87.4 Å². The first kappa shape index (κ1) is 21.8. The van der Waals surface area contributed by atoms with Crippen molar-refractivity contribution in [1.82, 2.24) is 14.9 Å². The number of nitrogens with one attached hydrogen (secondary N) is 1. The van der Waals surface area contributed by atoms with Crippen LogP contribution in [0.3, 0.4) is 0 Å². The van der Waals surface area contributed by atoms with Crippen molar-refractivity contribution in [1.29, 1.82) is 0 Å². The van der Waals surface area contributed by atoms with Crippen LogP contribution in [0.1, 0.15) is 19.3 Å². The molecule has 5 rings (SSSR count). The molecule has 0 amide bonds. The molecular formula is C23H24ClFN6O2. The number of fused-ring (bicyclic) bond motifs is 1. The van der Waals surface area contributed by atoms with Crippen molar-refractivity contribution in [3.63, 3.8) is 0 Å². The van der Waals surface area contributed by atoms with E-state index < -0.39 is 5.82 Å². The van der Waals surface area contributed by atoms with E-state index in [1.54, 1.807) is 6.07 Å². The van der Waals surface area contributed by atoms with Gasteiger partial charge in [-0.25, -0.2) is 14.4 Å². The Morgan fingerprint density at radius 2 is 2.03 bits per heavy atom. The number of nitro benzene ring substituents is 1. The van der Waals surface area contributed by atoms with Crippen LogP contribution in [0.4, 0.5) is 27.3 Å². The molecule has 1 unspecified atom stereocenters. The van der Waals surface area contributed by atoms with Gasteiger partial charge in [-0.05, 0) is 57.1 Å². The van der Waals surface area contributed by atoms with Crippen LogP contribution in [0.5, 0.6) is 0 Å². The molecule has 0 aliphatic carbocycles. The first-order chi connectivity index (χ1) is 15.8. The van der Waals surface area contributed by atoms with Crippen molar-refractivity contribution < 1.29 is 9.31 Å². The number of anilines is 3. The Morgan fingerprint density at radius 3 is 2.76 bits per heavy atom. The van der Waals surface area contributed by atoms with Crippen molar-refractivity contribution in [3.8, 4) is 0 Å². The number of hydrogen-bond donors (Lipinski definition) is 1. The molecule has 33 heavy (non-hydrogen) atoms. The molecule has 2 aromatic carbocycles. The lowest BCUT2D eigenvalue weighted by Gasteiger charge is -2.41. The summed E-state index contributed by atoms with van der Waals surface area (Å²) in [6.07, 6.45) is 4.67. The predicted octanol–water partition coefficient (Wildman–Crippen LogP) is 5.00. The lowest BCUT2D eigenvalue weighted by molar-refractivity contribution is -0.384. The number of likely N-dealkylation sites (tertiary alicyclic amines) is 1. The lowest BCUT2D eigenvalue weighted by Crippen LogP contribution is -2.44. The Bertz CT molecular complexity index is 1240. The monoisotopic (exact) mass is 470 g/mol. The Hall–Kier alpha value is -3.04. The smallest absolute Gasteiger partial charge is 0.293 e. The minimum Gasteiger partial charge on any atom is -0.365 e. The highest BCUT2D eigenvalue weighted by molar-refractivity contribution is 6.31. The average molecular weight is 471 g/mol. The van der Waals surface area contributed by atoms with Crippen LogP contribution in [0.25, 0.3) is 10.9 Å². The van der Waals surface area contributed by atoms with E-state index in [0.717, 1.165) is 45.4 Å². The van der Waals surface area contributed by atoms with E-state index in [4.69, 9.17) is 11.6 Å². The molecule has 1 spiro atoms. The van der Waals surface area contributed by atoms with E-state index in [1.807, 2.05) is 0 Å². The highest BCUT2D eigenvalue weighted by atomic mass is 35.5. The molecule has 0 saturated carbocycles. The average Bonchev–Trinajstić information content (AvgIpc) is 3.14. The number of halogens is 2. The number of nitro groups is 1. The molecule has 3 aromatic rings. The quantitative estimate of drug-likeness (QED) is 0.424. The second kappa shape index (κ2) is 8.39. The second-order valence-electron chi connectivity index (χ2n) is 9.10. The number of piperidine rings is 1. The summed E-state index contributed by atoms with van der Waals surface area (Å²) >= 11 is 5.89. The maximum Gasteiger partial charge on any atom is 0.293 e. The van der Waals surface area contributed by atoms with E-state index in [9.17, 15) is 14.5 Å². The van der Waals surface area contributed by atoms with Gasteiger partial charge >= 0.3 is 0 Å². The highest BCUT2D eigenvalue weighted by Crippen LogP contribution is 2.43. The summed E-state index contributed by atoms with van der Waals surface area (Å²) in [6.45, 7) is 3.65. The Morgan fingerprint density at radius 1 is 1.18 bits per heavy atom. The van der Waals surface area contributed by atoms with Crippen molar-refractivity contribution in [2.45, 2.75) is 19.3 Å². The van der Waals surface area contributed by atoms with Gasteiger partial charge in [0.2, 0.25) is 0 Å². The van der Waals surface area contributed by atoms with Crippen LogP contribution >= 0.6 is 11.6 Å². The normalized spacial score (nSPS) is 21.1. The molecule has 2 fully saturated rings. The van der Waals surface area contributed by atoms with Gasteiger partial charge in [0, 0.05) is 42.2 Å². The second-order valence-corrected chi connectivity index (χ2v) is 9.51. The number of nitrogens with zero attached hydrogens (tertiary/aromatic N) is 5. The lowest BCUT2D eigenvalue weighted by atomic mass is 9.79. The van der Waals surface area contributed by atoms with E-state index in [2.05, 4.69) is 32.1 Å². The van der Waals surface area contributed by atoms with Gasteiger partial charge in [-0.3, -0.25) is 10.1 Å². The van der Waals surface area contributed by atoms with E-state index in [1.165, 1.54) is 30.6 Å². The largest absolute Gasteiger partial charge is 0.365 e. The number of aromatic nitrogens is 2. The fourth-order valence-corrected chi connectivity index (χ4v) is 5.38. The Kier molecular flexibility index (Phi) is 5.54. The molecule has 2 saturated heterocycles. The number of rotatable bonds is 4. The van der Waals surface area contributed by atoms with E-state index in [-0.39, 0.29) is 21.0 Å². The Labute approximate surface area is 195 Å². The SMILES string of the molecule is CN1CCC2(CCCN(c3cc4ncnc(Nc5ccc(F)c(Cl)c5)c4cc3[N+](=O)[O-])C2)C1. The van der Waals surface area contributed by atoms with Crippen LogP contribution in [0, 0.1) is 21.3 Å². The van der Waals surface area contributed by atoms with Crippen LogP contribution in [0.15, 0.2) is 36.7 Å². The number of hydrogen-bond acceptors (Lipinski definition) is 7. The fraction of sp³-hybridized carbons (Fsp3) is 0.391. The van der Waals surface area contributed by atoms with Gasteiger partial charge in [0.15, 0.2) is 0 Å². The van der Waals surface area contributed by atoms with Crippen molar-refractivity contribution in [3.05, 3.63) is 57.6 Å².